The molecule has 0 bridgehead atoms. The van der Waals surface area contributed by atoms with Gasteiger partial charge in [-0.25, -0.2) is 0 Å². The maximum atomic E-state index is 13.0. The van der Waals surface area contributed by atoms with Crippen LogP contribution >= 0.6 is 43.0 Å². The first kappa shape index (κ1) is 27.6. The molecule has 35 heavy (non-hydrogen) atoms. The summed E-state index contributed by atoms with van der Waals surface area (Å²) in [6.45, 7) is 0. The third kappa shape index (κ3) is 7.51. The number of amides is 2. The van der Waals surface area contributed by atoms with E-state index in [-0.39, 0.29) is 21.2 Å². The van der Waals surface area contributed by atoms with Gasteiger partial charge < -0.3 is 0 Å². The van der Waals surface area contributed by atoms with Crippen LogP contribution in [0.15, 0.2) is 54.1 Å². The van der Waals surface area contributed by atoms with Crippen molar-refractivity contribution in [2.24, 2.45) is 0 Å². The summed E-state index contributed by atoms with van der Waals surface area (Å²) in [6.07, 6.45) is 3.08. The molecule has 0 saturated carbocycles. The Kier molecular flexibility index (Phi) is 9.73. The number of nitrogens with one attached hydrogen (secondary N) is 5. The zero-order chi connectivity index (χ0) is 25.6. The molecule has 1 aromatic rings. The molecular weight excluding hydrogens is 621 g/mol. The first-order chi connectivity index (χ1) is 16.6. The molecule has 0 aromatic heterocycles. The van der Waals surface area contributed by atoms with Gasteiger partial charge in [0.2, 0.25) is 0 Å². The van der Waals surface area contributed by atoms with E-state index in [4.69, 9.17) is 33.3 Å². The molecule has 2 amide bonds. The van der Waals surface area contributed by atoms with Crippen LogP contribution in [0.3, 0.4) is 0 Å². The molecule has 0 saturated heterocycles. The first-order valence-corrected chi connectivity index (χ1v) is 15.3. The van der Waals surface area contributed by atoms with Crippen LogP contribution in [-0.2, 0) is 10.9 Å². The van der Waals surface area contributed by atoms with Crippen LogP contribution in [-0.4, -0.2) is 37.4 Å². The molecule has 3 rings (SSSR count). The van der Waals surface area contributed by atoms with Crippen molar-refractivity contribution < 1.29 is 22.7 Å². The summed E-state index contributed by atoms with van der Waals surface area (Å²) >= 11 is 10.5. The van der Waals surface area contributed by atoms with Crippen LogP contribution in [0.5, 0.6) is 0 Å². The summed E-state index contributed by atoms with van der Waals surface area (Å²) < 4.78 is 47.4. The Morgan fingerprint density at radius 2 is 2.09 bits per heavy atom. The SMILES string of the molecule is CNCI(C=N)C1NC=CC(OC2=CC=C(NC(=O)Nc3ccc(Cl)c(C(F)(F)F)c3)CC2)C1Cl. The van der Waals surface area contributed by atoms with Gasteiger partial charge in [0.1, 0.15) is 0 Å². The number of carbonyl (C=O) groups excluding carboxylic acids is 1. The number of rotatable bonds is 8. The summed E-state index contributed by atoms with van der Waals surface area (Å²) in [5.41, 5.74) is -0.459. The molecule has 0 fully saturated rings. The number of allylic oxidation sites excluding steroid dienone is 4. The Labute approximate surface area is 218 Å². The van der Waals surface area contributed by atoms with Crippen molar-refractivity contribution in [3.05, 3.63) is 64.7 Å². The average Bonchev–Trinajstić information content (AvgIpc) is 2.81. The third-order valence-corrected chi connectivity index (χ3v) is 11.6. The van der Waals surface area contributed by atoms with Gasteiger partial charge in [0, 0.05) is 0 Å². The van der Waals surface area contributed by atoms with Gasteiger partial charge in [-0.2, -0.15) is 13.2 Å². The molecule has 1 heterocycles. The Morgan fingerprint density at radius 1 is 1.31 bits per heavy atom. The molecule has 3 unspecified atom stereocenters. The Bertz CT molecular complexity index is 1030. The van der Waals surface area contributed by atoms with Gasteiger partial charge in [0.25, 0.3) is 0 Å². The number of ether oxygens (including phenoxy) is 1. The number of hydrogen-bond donors (Lipinski definition) is 5. The number of alkyl halides is 6. The molecule has 0 spiro atoms. The van der Waals surface area contributed by atoms with E-state index in [0.717, 1.165) is 16.7 Å². The van der Waals surface area contributed by atoms with Crippen molar-refractivity contribution in [3.8, 4) is 0 Å². The Balaban J connectivity index is 1.58. The molecule has 7 nitrogen and oxygen atoms in total. The van der Waals surface area contributed by atoms with Crippen LogP contribution in [0, 0.1) is 5.41 Å². The van der Waals surface area contributed by atoms with Crippen LogP contribution in [0.25, 0.3) is 0 Å². The minimum absolute atomic E-state index is 0.0211. The number of benzene rings is 1. The van der Waals surface area contributed by atoms with Gasteiger partial charge in [-0.3, -0.25) is 0 Å². The van der Waals surface area contributed by atoms with E-state index in [0.29, 0.717) is 24.3 Å². The van der Waals surface area contributed by atoms with E-state index in [9.17, 15) is 18.0 Å². The fraction of sp³-hybridized carbons (Fsp3) is 0.364. The minimum atomic E-state index is -4.63. The Hall–Kier alpha value is -1.96. The number of hydrogen-bond acceptors (Lipinski definition) is 5. The molecule has 5 N–H and O–H groups in total. The molecular formula is C22H25Cl2F3IN5O2. The summed E-state index contributed by atoms with van der Waals surface area (Å²) in [7, 11) is 1.85. The number of anilines is 1. The topological polar surface area (TPSA) is 98.3 Å². The van der Waals surface area contributed by atoms with Gasteiger partial charge >= 0.3 is 166 Å². The fourth-order valence-electron chi connectivity index (χ4n) is 3.41. The molecule has 2 aliphatic rings. The molecule has 13 heteroatoms. The van der Waals surface area contributed by atoms with Crippen molar-refractivity contribution in [2.75, 3.05) is 16.9 Å². The maximum absolute atomic E-state index is 13.0. The van der Waals surface area contributed by atoms with Crippen molar-refractivity contribution in [2.45, 2.75) is 34.5 Å². The van der Waals surface area contributed by atoms with Crippen LogP contribution in [0.4, 0.5) is 23.7 Å². The molecule has 0 radical (unpaired) electrons. The molecule has 3 atom stereocenters. The number of carbonyl (C=O) groups is 1. The van der Waals surface area contributed by atoms with E-state index in [1.54, 1.807) is 12.2 Å². The van der Waals surface area contributed by atoms with Gasteiger partial charge in [-0.1, -0.05) is 11.6 Å². The zero-order valence-electron chi connectivity index (χ0n) is 18.6. The zero-order valence-corrected chi connectivity index (χ0v) is 22.2. The van der Waals surface area contributed by atoms with Gasteiger partial charge in [0.15, 0.2) is 0 Å². The second-order valence-electron chi connectivity index (χ2n) is 7.58. The van der Waals surface area contributed by atoms with E-state index >= 15 is 0 Å². The van der Waals surface area contributed by atoms with Gasteiger partial charge in [0.05, 0.1) is 10.6 Å². The monoisotopic (exact) mass is 645 g/mol. The molecule has 192 valence electrons. The average molecular weight is 646 g/mol. The predicted octanol–water partition coefficient (Wildman–Crippen LogP) is 5.77. The second kappa shape index (κ2) is 12.3. The van der Waals surface area contributed by atoms with Crippen molar-refractivity contribution in [3.63, 3.8) is 0 Å². The third-order valence-electron chi connectivity index (χ3n) is 5.07. The summed E-state index contributed by atoms with van der Waals surface area (Å²) in [6, 6.07) is 2.50. The number of halogens is 6. The summed E-state index contributed by atoms with van der Waals surface area (Å²) in [5, 5.41) is 18.4. The molecule has 1 aliphatic carbocycles. The van der Waals surface area contributed by atoms with Gasteiger partial charge in [-0.05, 0) is 18.2 Å². The van der Waals surface area contributed by atoms with Crippen molar-refractivity contribution in [1.82, 2.24) is 16.0 Å². The van der Waals surface area contributed by atoms with Crippen LogP contribution < -0.4 is 21.3 Å². The van der Waals surface area contributed by atoms with E-state index in [1.165, 1.54) is 10.3 Å². The number of urea groups is 1. The molecule has 1 aliphatic heterocycles. The van der Waals surface area contributed by atoms with Crippen LogP contribution in [0.2, 0.25) is 5.02 Å². The molecule has 1 aromatic carbocycles. The van der Waals surface area contributed by atoms with Gasteiger partial charge in [-0.15, -0.1) is 0 Å². The van der Waals surface area contributed by atoms with Crippen molar-refractivity contribution in [1.29, 1.82) is 5.41 Å². The predicted molar refractivity (Wildman–Crippen MR) is 141 cm³/mol. The Morgan fingerprint density at radius 3 is 2.71 bits per heavy atom. The second-order valence-corrected chi connectivity index (χ2v) is 13.7. The van der Waals surface area contributed by atoms with Crippen molar-refractivity contribution >= 4 is 59.0 Å². The van der Waals surface area contributed by atoms with E-state index in [1.807, 2.05) is 19.3 Å². The summed E-state index contributed by atoms with van der Waals surface area (Å²) in [5.74, 6) is 0.702. The van der Waals surface area contributed by atoms with E-state index in [2.05, 4.69) is 21.3 Å². The van der Waals surface area contributed by atoms with Crippen LogP contribution in [0.1, 0.15) is 18.4 Å². The first-order valence-electron chi connectivity index (χ1n) is 10.5. The quantitative estimate of drug-likeness (QED) is 0.107. The standard InChI is InChI=1S/C22H25Cl2F3IN5O2/c1-30-12-28(11-29)20-19(24)18(8-9-31-20)35-15-5-2-13(3-6-15)32-21(34)33-14-4-7-17(23)16(10-14)22(25,26)27/h2,4-5,7-11,18-20,29-31H,3,6,12H2,1H3,(H2,32,33,34). The fourth-order valence-corrected chi connectivity index (χ4v) is 8.59. The summed E-state index contributed by atoms with van der Waals surface area (Å²) in [4.78, 5) is 12.3. The normalized spacial score (nSPS) is 22.3. The van der Waals surface area contributed by atoms with E-state index < -0.39 is 42.6 Å².